The fraction of sp³-hybridized carbons (Fsp3) is 0. The molecule has 0 spiro atoms. The lowest BCUT2D eigenvalue weighted by Crippen LogP contribution is -2.42. The molecule has 0 aliphatic heterocycles. The molecule has 2 aromatic rings. The van der Waals surface area contributed by atoms with Gasteiger partial charge in [-0.1, -0.05) is 0 Å². The lowest BCUT2D eigenvalue weighted by molar-refractivity contribution is 0.253. The molecule has 1 unspecified atom stereocenters. The number of hydrogen-bond donors (Lipinski definition) is 4. The van der Waals surface area contributed by atoms with Gasteiger partial charge in [0.2, 0.25) is 0 Å². The van der Waals surface area contributed by atoms with E-state index in [2.05, 4.69) is 4.18 Å². The van der Waals surface area contributed by atoms with Crippen molar-refractivity contribution in [2.24, 2.45) is 23.2 Å². The predicted octanol–water partition coefficient (Wildman–Crippen LogP) is -0.470. The van der Waals surface area contributed by atoms with E-state index in [4.69, 9.17) is 23.2 Å². The predicted molar refractivity (Wildman–Crippen MR) is 86.0 cm³/mol. The van der Waals surface area contributed by atoms with Gasteiger partial charge in [-0.05, 0) is 30.3 Å². The number of benzene rings is 2. The molecule has 12 heteroatoms. The fourth-order valence-electron chi connectivity index (χ4n) is 2.08. The highest BCUT2D eigenvalue weighted by Crippen LogP contribution is 2.35. The molecular weight excluding hydrogens is 340 g/mol. The topological polar surface area (TPSA) is 194 Å². The number of nitrogens with two attached hydrogens (primary N) is 4. The van der Waals surface area contributed by atoms with E-state index >= 15 is 0 Å². The second-order valence-corrected chi connectivity index (χ2v) is 5.09. The van der Waals surface area contributed by atoms with Crippen LogP contribution in [0.5, 0.6) is 5.75 Å². The van der Waals surface area contributed by atoms with Gasteiger partial charge in [0.15, 0.2) is 0 Å². The number of anilines is 2. The summed E-state index contributed by atoms with van der Waals surface area (Å²) in [5.74, 6) is 11.2. The number of nitrogens with zero attached hydrogens (tertiary/aromatic N) is 2. The van der Waals surface area contributed by atoms with Gasteiger partial charge in [0, 0.05) is 10.8 Å². The average Bonchev–Trinajstić information content (AvgIpc) is 2.51. The molecule has 0 aromatic heterocycles. The van der Waals surface area contributed by atoms with Crippen LogP contribution in [0, 0.1) is 0 Å². The molecule has 11 nitrogen and oxygen atoms in total. The monoisotopic (exact) mass is 353 g/mol. The Balaban J connectivity index is 2.74. The summed E-state index contributed by atoms with van der Waals surface area (Å²) in [6.07, 6.45) is 0. The molecule has 2 aromatic carbocycles. The highest BCUT2D eigenvalue weighted by Gasteiger charge is 2.18. The standard InChI is InChI=1S/C12H14N6O5S/c13-11(19)17(15)9-3-4-10(18(16)12(14)20)8-5-6(23-24(21)22)1-2-7(8)9/h1-5H,15-16H2,(H2,13,19)(H2,14,20)(H,21,22)/p-1. The van der Waals surface area contributed by atoms with E-state index in [9.17, 15) is 18.4 Å². The van der Waals surface area contributed by atoms with Crippen molar-refractivity contribution in [3.05, 3.63) is 30.3 Å². The molecule has 0 heterocycles. The molecule has 0 saturated carbocycles. The van der Waals surface area contributed by atoms with Gasteiger partial charge in [0.1, 0.15) is 17.1 Å². The van der Waals surface area contributed by atoms with Crippen molar-refractivity contribution in [3.63, 3.8) is 0 Å². The van der Waals surface area contributed by atoms with Crippen molar-refractivity contribution in [3.8, 4) is 5.75 Å². The molecule has 8 N–H and O–H groups in total. The number of amides is 4. The lowest BCUT2D eigenvalue weighted by atomic mass is 10.1. The van der Waals surface area contributed by atoms with E-state index < -0.39 is 23.4 Å². The number of fused-ring (bicyclic) bond motifs is 1. The van der Waals surface area contributed by atoms with Crippen LogP contribution < -0.4 is 37.4 Å². The zero-order valence-electron chi connectivity index (χ0n) is 12.0. The van der Waals surface area contributed by atoms with Crippen molar-refractivity contribution in [2.75, 3.05) is 10.0 Å². The highest BCUT2D eigenvalue weighted by molar-refractivity contribution is 7.74. The van der Waals surface area contributed by atoms with Gasteiger partial charge in [-0.3, -0.25) is 0 Å². The molecule has 0 bridgehead atoms. The van der Waals surface area contributed by atoms with E-state index in [1.165, 1.54) is 30.3 Å². The molecule has 0 radical (unpaired) electrons. The van der Waals surface area contributed by atoms with Crippen LogP contribution in [0.15, 0.2) is 30.3 Å². The number of hydrazine groups is 2. The Morgan fingerprint density at radius 1 is 0.958 bits per heavy atom. The smallest absolute Gasteiger partial charge is 0.333 e. The molecule has 0 fully saturated rings. The summed E-state index contributed by atoms with van der Waals surface area (Å²) in [5.41, 5.74) is 10.6. The first-order chi connectivity index (χ1) is 11.2. The highest BCUT2D eigenvalue weighted by atomic mass is 32.2. The molecule has 24 heavy (non-hydrogen) atoms. The van der Waals surface area contributed by atoms with Crippen molar-refractivity contribution < 1.29 is 22.5 Å². The first-order valence-corrected chi connectivity index (χ1v) is 7.25. The lowest BCUT2D eigenvalue weighted by Gasteiger charge is -2.21. The van der Waals surface area contributed by atoms with E-state index in [0.717, 1.165) is 0 Å². The maximum absolute atomic E-state index is 11.3. The first-order valence-electron chi connectivity index (χ1n) is 6.25. The summed E-state index contributed by atoms with van der Waals surface area (Å²) < 4.78 is 25.9. The third-order valence-corrected chi connectivity index (χ3v) is 3.43. The van der Waals surface area contributed by atoms with Crippen molar-refractivity contribution >= 4 is 45.6 Å². The van der Waals surface area contributed by atoms with E-state index in [1.807, 2.05) is 0 Å². The quantitative estimate of drug-likeness (QED) is 0.247. The number of rotatable bonds is 4. The Morgan fingerprint density at radius 2 is 1.46 bits per heavy atom. The second kappa shape index (κ2) is 6.67. The van der Waals surface area contributed by atoms with Crippen LogP contribution in [-0.2, 0) is 11.4 Å². The van der Waals surface area contributed by atoms with Crippen molar-refractivity contribution in [1.82, 2.24) is 0 Å². The van der Waals surface area contributed by atoms with Gasteiger partial charge in [-0.25, -0.2) is 35.5 Å². The molecule has 2 rings (SSSR count). The van der Waals surface area contributed by atoms with E-state index in [1.54, 1.807) is 0 Å². The summed E-state index contributed by atoms with van der Waals surface area (Å²) >= 11 is -2.80. The normalized spacial score (nSPS) is 11.8. The second-order valence-electron chi connectivity index (χ2n) is 4.52. The van der Waals surface area contributed by atoms with Gasteiger partial charge < -0.3 is 20.2 Å². The molecule has 0 saturated heterocycles. The van der Waals surface area contributed by atoms with Gasteiger partial charge in [0.25, 0.3) is 0 Å². The Hall–Kier alpha value is -2.93. The Kier molecular flexibility index (Phi) is 4.85. The minimum atomic E-state index is -2.80. The van der Waals surface area contributed by atoms with Crippen LogP contribution in [-0.4, -0.2) is 20.8 Å². The third kappa shape index (κ3) is 3.36. The molecule has 4 amide bonds. The minimum Gasteiger partial charge on any atom is -0.740 e. The van der Waals surface area contributed by atoms with E-state index in [-0.39, 0.29) is 22.5 Å². The van der Waals surface area contributed by atoms with Gasteiger partial charge in [-0.15, -0.1) is 0 Å². The molecule has 1 atom stereocenters. The average molecular weight is 353 g/mol. The largest absolute Gasteiger partial charge is 0.740 e. The maximum Gasteiger partial charge on any atom is 0.333 e. The Bertz CT molecular complexity index is 844. The molecule has 0 aliphatic rings. The SMILES string of the molecule is NC(=O)N(N)c1ccc(N(N)C(N)=O)c2cc(OS(=O)[O-])ccc12. The summed E-state index contributed by atoms with van der Waals surface area (Å²) in [6, 6.07) is 4.92. The van der Waals surface area contributed by atoms with Crippen molar-refractivity contribution in [1.29, 1.82) is 0 Å². The summed E-state index contributed by atoms with van der Waals surface area (Å²) in [4.78, 5) is 22.6. The molecule has 128 valence electrons. The summed E-state index contributed by atoms with van der Waals surface area (Å²) in [5, 5.41) is 1.95. The molecular formula is C12H13N6O5S-. The minimum absolute atomic E-state index is 0.0465. The van der Waals surface area contributed by atoms with E-state index in [0.29, 0.717) is 15.4 Å². The van der Waals surface area contributed by atoms with Crippen LogP contribution in [0.1, 0.15) is 0 Å². The first kappa shape index (κ1) is 17.4. The zero-order valence-corrected chi connectivity index (χ0v) is 12.9. The van der Waals surface area contributed by atoms with Crippen LogP contribution in [0.4, 0.5) is 21.0 Å². The Morgan fingerprint density at radius 3 is 1.92 bits per heavy atom. The van der Waals surface area contributed by atoms with Gasteiger partial charge in [0.05, 0.1) is 11.4 Å². The maximum atomic E-state index is 11.3. The number of hydrogen-bond acceptors (Lipinski definition) is 7. The number of urea groups is 2. The van der Waals surface area contributed by atoms with Crippen LogP contribution in [0.25, 0.3) is 10.8 Å². The number of primary amides is 2. The van der Waals surface area contributed by atoms with Crippen LogP contribution >= 0.6 is 0 Å². The Labute approximate surface area is 138 Å². The molecule has 0 aliphatic carbocycles. The van der Waals surface area contributed by atoms with Gasteiger partial charge in [-0.2, -0.15) is 0 Å². The zero-order chi connectivity index (χ0) is 18.0. The van der Waals surface area contributed by atoms with Crippen molar-refractivity contribution in [2.45, 2.75) is 0 Å². The summed E-state index contributed by atoms with van der Waals surface area (Å²) in [6.45, 7) is 0. The third-order valence-electron chi connectivity index (χ3n) is 3.10. The van der Waals surface area contributed by atoms with Crippen LogP contribution in [0.2, 0.25) is 0 Å². The van der Waals surface area contributed by atoms with Gasteiger partial charge >= 0.3 is 12.1 Å². The van der Waals surface area contributed by atoms with Crippen LogP contribution in [0.3, 0.4) is 0 Å². The number of carbonyl (C=O) groups is 2. The fourth-order valence-corrected chi connectivity index (χ4v) is 2.34. The number of carbonyl (C=O) groups excluding carboxylic acids is 2. The summed E-state index contributed by atoms with van der Waals surface area (Å²) in [7, 11) is 0.